The van der Waals surface area contributed by atoms with Gasteiger partial charge in [-0.15, -0.1) is 0 Å². The number of aryl methyl sites for hydroxylation is 2. The fourth-order valence-electron chi connectivity index (χ4n) is 2.38. The Morgan fingerprint density at radius 1 is 1.26 bits per heavy atom. The molecule has 0 bridgehead atoms. The number of nitrogens with zero attached hydrogens (tertiary/aromatic N) is 2. The molecule has 27 heavy (non-hydrogen) atoms. The molecule has 7 heteroatoms. The first-order chi connectivity index (χ1) is 12.9. The lowest BCUT2D eigenvalue weighted by Crippen LogP contribution is -2.28. The van der Waals surface area contributed by atoms with E-state index in [0.717, 1.165) is 12.0 Å². The summed E-state index contributed by atoms with van der Waals surface area (Å²) in [6.07, 6.45) is 3.63. The number of esters is 1. The van der Waals surface area contributed by atoms with Gasteiger partial charge in [0.05, 0.1) is 12.2 Å². The summed E-state index contributed by atoms with van der Waals surface area (Å²) < 4.78 is 6.59. The van der Waals surface area contributed by atoms with Crippen molar-refractivity contribution in [3.8, 4) is 0 Å². The second-order valence-corrected chi connectivity index (χ2v) is 6.58. The van der Waals surface area contributed by atoms with E-state index in [2.05, 4.69) is 10.4 Å². The van der Waals surface area contributed by atoms with Crippen LogP contribution in [-0.4, -0.2) is 34.8 Å². The molecule has 0 fully saturated rings. The molecule has 6 nitrogen and oxygen atoms in total. The van der Waals surface area contributed by atoms with Gasteiger partial charge in [0.25, 0.3) is 5.91 Å². The van der Waals surface area contributed by atoms with Crippen LogP contribution in [0.2, 0.25) is 5.15 Å². The molecule has 0 saturated carbocycles. The number of hydrogen-bond acceptors (Lipinski definition) is 4. The summed E-state index contributed by atoms with van der Waals surface area (Å²) >= 11 is 6.41. The van der Waals surface area contributed by atoms with Crippen molar-refractivity contribution in [2.45, 2.75) is 33.7 Å². The molecule has 1 aromatic heterocycles. The molecule has 0 aliphatic rings. The number of ether oxygens (including phenoxy) is 1. The van der Waals surface area contributed by atoms with E-state index in [1.807, 2.05) is 45.0 Å². The summed E-state index contributed by atoms with van der Waals surface area (Å²) in [5, 5.41) is 7.51. The fourth-order valence-corrected chi connectivity index (χ4v) is 2.68. The lowest BCUT2D eigenvalue weighted by molar-refractivity contribution is -0.143. The number of hydrogen-bond donors (Lipinski definition) is 1. The highest BCUT2D eigenvalue weighted by Gasteiger charge is 2.12. The third-order valence-electron chi connectivity index (χ3n) is 3.87. The Balaban J connectivity index is 1.99. The molecule has 2 rings (SSSR count). The Kier molecular flexibility index (Phi) is 7.61. The van der Waals surface area contributed by atoms with Gasteiger partial charge in [0, 0.05) is 18.2 Å². The summed E-state index contributed by atoms with van der Waals surface area (Å²) in [4.78, 5) is 23.2. The molecular formula is C20H24ClN3O3. The largest absolute Gasteiger partial charge is 0.452 e. The van der Waals surface area contributed by atoms with Gasteiger partial charge < -0.3 is 10.1 Å². The standard InChI is InChI=1S/C20H24ClN3O3/c1-4-11-22-18(25)13-27-19(26)10-9-17-15(3)23-24(20(17)21)12-16-7-5-14(2)6-8-16/h5-10H,4,11-13H2,1-3H3,(H,22,25)/b10-9+. The van der Waals surface area contributed by atoms with Gasteiger partial charge in [0.2, 0.25) is 0 Å². The maximum Gasteiger partial charge on any atom is 0.331 e. The van der Waals surface area contributed by atoms with Crippen LogP contribution in [0.1, 0.15) is 35.7 Å². The quantitative estimate of drug-likeness (QED) is 0.555. The summed E-state index contributed by atoms with van der Waals surface area (Å²) in [7, 11) is 0. The number of nitrogens with one attached hydrogen (secondary N) is 1. The molecule has 0 unspecified atom stereocenters. The van der Waals surface area contributed by atoms with Crippen LogP contribution in [0.5, 0.6) is 0 Å². The average Bonchev–Trinajstić information content (AvgIpc) is 2.91. The number of amides is 1. The van der Waals surface area contributed by atoms with Crippen molar-refractivity contribution >= 4 is 29.6 Å². The van der Waals surface area contributed by atoms with E-state index in [9.17, 15) is 9.59 Å². The van der Waals surface area contributed by atoms with Gasteiger partial charge in [-0.3, -0.25) is 4.79 Å². The molecule has 0 spiro atoms. The normalized spacial score (nSPS) is 11.0. The summed E-state index contributed by atoms with van der Waals surface area (Å²) in [5.41, 5.74) is 3.62. The highest BCUT2D eigenvalue weighted by atomic mass is 35.5. The molecule has 0 aliphatic heterocycles. The van der Waals surface area contributed by atoms with Gasteiger partial charge in [-0.1, -0.05) is 48.4 Å². The van der Waals surface area contributed by atoms with Crippen molar-refractivity contribution in [1.82, 2.24) is 15.1 Å². The lowest BCUT2D eigenvalue weighted by atomic mass is 10.1. The summed E-state index contributed by atoms with van der Waals surface area (Å²) in [6, 6.07) is 8.12. The second-order valence-electron chi connectivity index (χ2n) is 6.22. The van der Waals surface area contributed by atoms with Crippen LogP contribution in [0.15, 0.2) is 30.3 Å². The smallest absolute Gasteiger partial charge is 0.331 e. The monoisotopic (exact) mass is 389 g/mol. The Morgan fingerprint density at radius 2 is 1.96 bits per heavy atom. The number of rotatable bonds is 8. The Labute approximate surface area is 164 Å². The minimum Gasteiger partial charge on any atom is -0.452 e. The number of carbonyl (C=O) groups is 2. The predicted octanol–water partition coefficient (Wildman–Crippen LogP) is 3.28. The topological polar surface area (TPSA) is 73.2 Å². The highest BCUT2D eigenvalue weighted by molar-refractivity contribution is 6.31. The molecule has 1 amide bonds. The van der Waals surface area contributed by atoms with Crippen LogP contribution >= 0.6 is 11.6 Å². The molecule has 1 aromatic carbocycles. The molecule has 0 atom stereocenters. The number of aromatic nitrogens is 2. The first-order valence-corrected chi connectivity index (χ1v) is 9.18. The van der Waals surface area contributed by atoms with Crippen molar-refractivity contribution < 1.29 is 14.3 Å². The highest BCUT2D eigenvalue weighted by Crippen LogP contribution is 2.22. The van der Waals surface area contributed by atoms with Gasteiger partial charge >= 0.3 is 5.97 Å². The Bertz CT molecular complexity index is 826. The maximum absolute atomic E-state index is 11.8. The minimum absolute atomic E-state index is 0.303. The Hall–Kier alpha value is -2.60. The van der Waals surface area contributed by atoms with Gasteiger partial charge in [0.15, 0.2) is 6.61 Å². The zero-order chi connectivity index (χ0) is 19.8. The second kappa shape index (κ2) is 9.92. The molecule has 0 radical (unpaired) electrons. The first kappa shape index (κ1) is 20.7. The van der Waals surface area contributed by atoms with Crippen LogP contribution in [0.3, 0.4) is 0 Å². The van der Waals surface area contributed by atoms with E-state index in [4.69, 9.17) is 16.3 Å². The van der Waals surface area contributed by atoms with Crippen LogP contribution in [-0.2, 0) is 20.9 Å². The third kappa shape index (κ3) is 6.25. The van der Waals surface area contributed by atoms with E-state index in [0.29, 0.717) is 29.5 Å². The fraction of sp³-hybridized carbons (Fsp3) is 0.350. The van der Waals surface area contributed by atoms with Crippen molar-refractivity contribution in [3.05, 3.63) is 57.9 Å². The Morgan fingerprint density at radius 3 is 2.63 bits per heavy atom. The van der Waals surface area contributed by atoms with E-state index < -0.39 is 5.97 Å². The summed E-state index contributed by atoms with van der Waals surface area (Å²) in [6.45, 7) is 6.59. The molecule has 144 valence electrons. The maximum atomic E-state index is 11.8. The van der Waals surface area contributed by atoms with Gasteiger partial charge in [-0.2, -0.15) is 5.10 Å². The van der Waals surface area contributed by atoms with Crippen LogP contribution < -0.4 is 5.32 Å². The van der Waals surface area contributed by atoms with Crippen molar-refractivity contribution in [2.75, 3.05) is 13.2 Å². The molecule has 1 N–H and O–H groups in total. The third-order valence-corrected chi connectivity index (χ3v) is 4.26. The van der Waals surface area contributed by atoms with E-state index >= 15 is 0 Å². The van der Waals surface area contributed by atoms with Crippen LogP contribution in [0.25, 0.3) is 6.08 Å². The van der Waals surface area contributed by atoms with Crippen molar-refractivity contribution in [2.24, 2.45) is 0 Å². The van der Waals surface area contributed by atoms with E-state index in [1.54, 1.807) is 10.8 Å². The zero-order valence-corrected chi connectivity index (χ0v) is 16.5. The van der Waals surface area contributed by atoms with Crippen molar-refractivity contribution in [1.29, 1.82) is 0 Å². The van der Waals surface area contributed by atoms with Gasteiger partial charge in [-0.25, -0.2) is 9.48 Å². The average molecular weight is 390 g/mol. The van der Waals surface area contributed by atoms with Gasteiger partial charge in [0.1, 0.15) is 5.15 Å². The van der Waals surface area contributed by atoms with Crippen LogP contribution in [0.4, 0.5) is 0 Å². The molecule has 2 aromatic rings. The zero-order valence-electron chi connectivity index (χ0n) is 15.8. The first-order valence-electron chi connectivity index (χ1n) is 8.80. The SMILES string of the molecule is CCCNC(=O)COC(=O)/C=C/c1c(C)nn(Cc2ccc(C)cc2)c1Cl. The molecular weight excluding hydrogens is 366 g/mol. The van der Waals surface area contributed by atoms with E-state index in [1.165, 1.54) is 11.6 Å². The molecule has 0 saturated heterocycles. The summed E-state index contributed by atoms with van der Waals surface area (Å²) in [5.74, 6) is -0.929. The van der Waals surface area contributed by atoms with E-state index in [-0.39, 0.29) is 12.5 Å². The van der Waals surface area contributed by atoms with Crippen LogP contribution in [0, 0.1) is 13.8 Å². The van der Waals surface area contributed by atoms with Crippen molar-refractivity contribution in [3.63, 3.8) is 0 Å². The van der Waals surface area contributed by atoms with Gasteiger partial charge in [-0.05, 0) is 31.9 Å². The minimum atomic E-state index is -0.608. The number of benzene rings is 1. The molecule has 1 heterocycles. The number of halogens is 1. The predicted molar refractivity (Wildman–Crippen MR) is 106 cm³/mol. The molecule has 0 aliphatic carbocycles. The number of carbonyl (C=O) groups excluding carboxylic acids is 2. The lowest BCUT2D eigenvalue weighted by Gasteiger charge is -2.04.